The number of hydrogen-bond donors (Lipinski definition) is 0. The Balaban J connectivity index is 1.65. The summed E-state index contributed by atoms with van der Waals surface area (Å²) >= 11 is 0. The number of carbonyl (C=O) groups excluding carboxylic acids is 1. The van der Waals surface area contributed by atoms with Gasteiger partial charge in [-0.3, -0.25) is 0 Å². The molecule has 0 aromatic heterocycles. The Hall–Kier alpha value is -2.92. The van der Waals surface area contributed by atoms with Crippen LogP contribution in [0.15, 0.2) is 83.8 Å². The minimum Gasteiger partial charge on any atom is -0.457 e. The summed E-state index contributed by atoms with van der Waals surface area (Å²) in [5.41, 5.74) is 2.86. The normalized spacial score (nSPS) is 11.1. The number of sulfone groups is 1. The van der Waals surface area contributed by atoms with Gasteiger partial charge in [0.05, 0.1) is 16.2 Å². The average Bonchev–Trinajstić information content (AvgIpc) is 2.67. The highest BCUT2D eigenvalue weighted by molar-refractivity contribution is 7.90. The van der Waals surface area contributed by atoms with Crippen LogP contribution in [0, 0.1) is 6.92 Å². The third-order valence-electron chi connectivity index (χ3n) is 4.22. The van der Waals surface area contributed by atoms with Crippen molar-refractivity contribution in [3.8, 4) is 0 Å². The van der Waals surface area contributed by atoms with Crippen LogP contribution in [0.4, 0.5) is 0 Å². The van der Waals surface area contributed by atoms with Crippen molar-refractivity contribution in [2.24, 2.45) is 0 Å². The maximum atomic E-state index is 12.5. The SMILES string of the molecule is Cc1ccccc1C(=O)OCc1ccc(S(=O)(=O)Cc2ccccc2)cc1. The number of benzene rings is 3. The quantitative estimate of drug-likeness (QED) is 0.597. The second-order valence-electron chi connectivity index (χ2n) is 6.28. The molecule has 0 aliphatic rings. The molecule has 0 radical (unpaired) electrons. The van der Waals surface area contributed by atoms with Gasteiger partial charge in [-0.15, -0.1) is 0 Å². The van der Waals surface area contributed by atoms with E-state index < -0.39 is 15.8 Å². The van der Waals surface area contributed by atoms with Gasteiger partial charge in [0, 0.05) is 0 Å². The highest BCUT2D eigenvalue weighted by Gasteiger charge is 2.15. The number of aryl methyl sites for hydroxylation is 1. The predicted molar refractivity (Wildman–Crippen MR) is 104 cm³/mol. The molecular weight excluding hydrogens is 360 g/mol. The first-order valence-corrected chi connectivity index (χ1v) is 10.2. The van der Waals surface area contributed by atoms with E-state index in [0.717, 1.165) is 16.7 Å². The lowest BCUT2D eigenvalue weighted by Gasteiger charge is -2.08. The van der Waals surface area contributed by atoms with Gasteiger partial charge >= 0.3 is 5.97 Å². The molecule has 0 aliphatic heterocycles. The van der Waals surface area contributed by atoms with Gasteiger partial charge in [0.25, 0.3) is 0 Å². The molecule has 0 spiro atoms. The number of carbonyl (C=O) groups is 1. The molecule has 4 nitrogen and oxygen atoms in total. The zero-order valence-electron chi connectivity index (χ0n) is 15.0. The third kappa shape index (κ3) is 4.83. The predicted octanol–water partition coefficient (Wildman–Crippen LogP) is 4.33. The van der Waals surface area contributed by atoms with Crippen molar-refractivity contribution in [3.63, 3.8) is 0 Å². The molecule has 0 N–H and O–H groups in total. The van der Waals surface area contributed by atoms with Crippen LogP contribution in [-0.2, 0) is 26.9 Å². The summed E-state index contributed by atoms with van der Waals surface area (Å²) in [6.45, 7) is 1.94. The molecular formula is C22H20O4S. The van der Waals surface area contributed by atoms with Crippen molar-refractivity contribution in [2.75, 3.05) is 0 Å². The van der Waals surface area contributed by atoms with E-state index in [1.807, 2.05) is 37.3 Å². The average molecular weight is 380 g/mol. The van der Waals surface area contributed by atoms with Crippen LogP contribution < -0.4 is 0 Å². The molecule has 0 unspecified atom stereocenters. The molecule has 138 valence electrons. The van der Waals surface area contributed by atoms with E-state index in [2.05, 4.69) is 0 Å². The second kappa shape index (κ2) is 8.18. The van der Waals surface area contributed by atoms with Gasteiger partial charge in [0.2, 0.25) is 0 Å². The van der Waals surface area contributed by atoms with E-state index in [4.69, 9.17) is 4.74 Å². The largest absolute Gasteiger partial charge is 0.457 e. The van der Waals surface area contributed by atoms with E-state index >= 15 is 0 Å². The maximum Gasteiger partial charge on any atom is 0.338 e. The molecule has 27 heavy (non-hydrogen) atoms. The molecule has 0 saturated carbocycles. The molecule has 3 rings (SSSR count). The maximum absolute atomic E-state index is 12.5. The van der Waals surface area contributed by atoms with Crippen molar-refractivity contribution < 1.29 is 17.9 Å². The van der Waals surface area contributed by atoms with E-state index in [9.17, 15) is 13.2 Å². The van der Waals surface area contributed by atoms with Crippen LogP contribution in [0.25, 0.3) is 0 Å². The van der Waals surface area contributed by atoms with Crippen LogP contribution in [0.3, 0.4) is 0 Å². The summed E-state index contributed by atoms with van der Waals surface area (Å²) in [5.74, 6) is -0.441. The van der Waals surface area contributed by atoms with Crippen LogP contribution >= 0.6 is 0 Å². The first kappa shape index (κ1) is 18.9. The molecule has 0 bridgehead atoms. The first-order chi connectivity index (χ1) is 13.0. The summed E-state index contributed by atoms with van der Waals surface area (Å²) in [6, 6.07) is 22.7. The lowest BCUT2D eigenvalue weighted by Crippen LogP contribution is -2.08. The smallest absolute Gasteiger partial charge is 0.338 e. The molecule has 0 atom stereocenters. The van der Waals surface area contributed by atoms with Crippen molar-refractivity contribution in [2.45, 2.75) is 24.2 Å². The van der Waals surface area contributed by atoms with Gasteiger partial charge in [-0.1, -0.05) is 60.7 Å². The number of esters is 1. The van der Waals surface area contributed by atoms with E-state index in [0.29, 0.717) is 5.56 Å². The van der Waals surface area contributed by atoms with Gasteiger partial charge in [-0.2, -0.15) is 0 Å². The van der Waals surface area contributed by atoms with Crippen molar-refractivity contribution >= 4 is 15.8 Å². The molecule has 3 aromatic carbocycles. The minimum absolute atomic E-state index is 0.0462. The van der Waals surface area contributed by atoms with Gasteiger partial charge in [-0.05, 0) is 41.8 Å². The summed E-state index contributed by atoms with van der Waals surface area (Å²) in [5, 5.41) is 0. The Kier molecular flexibility index (Phi) is 5.72. The number of rotatable bonds is 6. The molecule has 0 amide bonds. The summed E-state index contributed by atoms with van der Waals surface area (Å²) in [4.78, 5) is 12.4. The van der Waals surface area contributed by atoms with Crippen LogP contribution in [0.1, 0.15) is 27.0 Å². The molecule has 0 saturated heterocycles. The number of hydrogen-bond acceptors (Lipinski definition) is 4. The Morgan fingerprint density at radius 1 is 0.815 bits per heavy atom. The lowest BCUT2D eigenvalue weighted by atomic mass is 10.1. The zero-order valence-corrected chi connectivity index (χ0v) is 15.8. The van der Waals surface area contributed by atoms with Gasteiger partial charge in [0.1, 0.15) is 6.61 Å². The molecule has 0 fully saturated rings. The van der Waals surface area contributed by atoms with E-state index in [1.54, 1.807) is 48.5 Å². The van der Waals surface area contributed by atoms with Crippen LogP contribution in [0.5, 0.6) is 0 Å². The van der Waals surface area contributed by atoms with Gasteiger partial charge in [-0.25, -0.2) is 13.2 Å². The van der Waals surface area contributed by atoms with E-state index in [-0.39, 0.29) is 17.3 Å². The second-order valence-corrected chi connectivity index (χ2v) is 8.27. The Morgan fingerprint density at radius 3 is 2.11 bits per heavy atom. The highest BCUT2D eigenvalue weighted by Crippen LogP contribution is 2.18. The van der Waals surface area contributed by atoms with Crippen LogP contribution in [-0.4, -0.2) is 14.4 Å². The molecule has 0 heterocycles. The summed E-state index contributed by atoms with van der Waals surface area (Å²) in [6.07, 6.45) is 0. The Bertz CT molecular complexity index is 1020. The fourth-order valence-corrected chi connectivity index (χ4v) is 4.05. The van der Waals surface area contributed by atoms with Gasteiger partial charge in [0.15, 0.2) is 9.84 Å². The lowest BCUT2D eigenvalue weighted by molar-refractivity contribution is 0.0472. The molecule has 3 aromatic rings. The number of ether oxygens (including phenoxy) is 1. The van der Waals surface area contributed by atoms with Crippen molar-refractivity contribution in [3.05, 3.63) is 101 Å². The molecule has 0 aliphatic carbocycles. The Labute approximate surface area is 159 Å². The van der Waals surface area contributed by atoms with Crippen LogP contribution in [0.2, 0.25) is 0 Å². The van der Waals surface area contributed by atoms with Crippen molar-refractivity contribution in [1.82, 2.24) is 0 Å². The fourth-order valence-electron chi connectivity index (χ4n) is 2.70. The van der Waals surface area contributed by atoms with E-state index in [1.165, 1.54) is 0 Å². The topological polar surface area (TPSA) is 60.4 Å². The van der Waals surface area contributed by atoms with Gasteiger partial charge < -0.3 is 4.74 Å². The van der Waals surface area contributed by atoms with Crippen molar-refractivity contribution in [1.29, 1.82) is 0 Å². The fraction of sp³-hybridized carbons (Fsp3) is 0.136. The first-order valence-electron chi connectivity index (χ1n) is 8.54. The summed E-state index contributed by atoms with van der Waals surface area (Å²) in [7, 11) is -3.42. The molecule has 5 heteroatoms. The standard InChI is InChI=1S/C22H20O4S/c1-17-7-5-6-10-21(17)22(23)26-15-18-11-13-20(14-12-18)27(24,25)16-19-8-3-2-4-9-19/h2-14H,15-16H2,1H3. The highest BCUT2D eigenvalue weighted by atomic mass is 32.2. The summed E-state index contributed by atoms with van der Waals surface area (Å²) < 4.78 is 30.4. The Morgan fingerprint density at radius 2 is 1.44 bits per heavy atom. The minimum atomic E-state index is -3.42. The third-order valence-corrected chi connectivity index (χ3v) is 5.92. The monoisotopic (exact) mass is 380 g/mol. The zero-order chi connectivity index (χ0) is 19.3.